The molecule has 3 amide bonds. The van der Waals surface area contributed by atoms with Crippen LogP contribution >= 0.6 is 27.3 Å². The fourth-order valence-electron chi connectivity index (χ4n) is 2.80. The van der Waals surface area contributed by atoms with Crippen LogP contribution in [0.1, 0.15) is 38.1 Å². The third-order valence-corrected chi connectivity index (χ3v) is 5.74. The number of nitrogens with one attached hydrogen (secondary N) is 1. The quantitative estimate of drug-likeness (QED) is 0.797. The van der Waals surface area contributed by atoms with Crippen LogP contribution in [0.2, 0.25) is 0 Å². The number of halogens is 1. The van der Waals surface area contributed by atoms with Crippen molar-refractivity contribution in [1.82, 2.24) is 4.90 Å². The fraction of sp³-hybridized carbons (Fsp3) is 0.235. The molecule has 2 heterocycles. The molecular weight excluding hydrogens is 406 g/mol. The summed E-state index contributed by atoms with van der Waals surface area (Å²) in [5.41, 5.74) is 7.21. The minimum Gasteiger partial charge on any atom is -0.365 e. The Morgan fingerprint density at radius 3 is 2.52 bits per heavy atom. The summed E-state index contributed by atoms with van der Waals surface area (Å²) >= 11 is 4.63. The van der Waals surface area contributed by atoms with Gasteiger partial charge >= 0.3 is 0 Å². The van der Waals surface area contributed by atoms with Crippen molar-refractivity contribution in [3.63, 3.8) is 0 Å². The number of fused-ring (bicyclic) bond motifs is 1. The zero-order valence-electron chi connectivity index (χ0n) is 13.5. The summed E-state index contributed by atoms with van der Waals surface area (Å²) in [5.74, 6) is -0.892. The molecule has 1 aliphatic heterocycles. The minimum atomic E-state index is -0.570. The molecule has 2 aromatic rings. The molecule has 8 heteroatoms. The van der Waals surface area contributed by atoms with Gasteiger partial charge in [-0.2, -0.15) is 0 Å². The summed E-state index contributed by atoms with van der Waals surface area (Å²) in [4.78, 5) is 38.6. The van der Waals surface area contributed by atoms with Crippen LogP contribution in [0.15, 0.2) is 28.7 Å². The largest absolute Gasteiger partial charge is 0.365 e. The van der Waals surface area contributed by atoms with Gasteiger partial charge in [0.05, 0.1) is 12.1 Å². The number of primary amides is 1. The second-order valence-electron chi connectivity index (χ2n) is 5.72. The molecule has 1 aromatic carbocycles. The van der Waals surface area contributed by atoms with Gasteiger partial charge < -0.3 is 16.0 Å². The summed E-state index contributed by atoms with van der Waals surface area (Å²) < 4.78 is 0.873. The smallest absolute Gasteiger partial charge is 0.256 e. The Hall–Kier alpha value is -2.19. The topological polar surface area (TPSA) is 92.5 Å². The maximum atomic E-state index is 12.4. The molecule has 0 atom stereocenters. The lowest BCUT2D eigenvalue weighted by Gasteiger charge is -2.25. The van der Waals surface area contributed by atoms with Crippen LogP contribution < -0.4 is 11.1 Å². The highest BCUT2D eigenvalue weighted by Crippen LogP contribution is 2.37. The van der Waals surface area contributed by atoms with Crippen LogP contribution in [0.3, 0.4) is 0 Å². The Morgan fingerprint density at radius 1 is 1.24 bits per heavy atom. The Balaban J connectivity index is 1.91. The van der Waals surface area contributed by atoms with Crippen molar-refractivity contribution >= 4 is 50.0 Å². The molecule has 0 spiro atoms. The average molecular weight is 422 g/mol. The van der Waals surface area contributed by atoms with Gasteiger partial charge in [0.1, 0.15) is 5.00 Å². The van der Waals surface area contributed by atoms with Crippen LogP contribution in [0, 0.1) is 0 Å². The van der Waals surface area contributed by atoms with Gasteiger partial charge in [-0.3, -0.25) is 14.4 Å². The molecule has 0 saturated heterocycles. The van der Waals surface area contributed by atoms with Crippen LogP contribution in [0.5, 0.6) is 0 Å². The van der Waals surface area contributed by atoms with Crippen LogP contribution in [-0.4, -0.2) is 29.2 Å². The van der Waals surface area contributed by atoms with E-state index in [2.05, 4.69) is 21.2 Å². The number of rotatable bonds is 3. The molecule has 1 aliphatic rings. The third-order valence-electron chi connectivity index (χ3n) is 4.08. The molecule has 1 aromatic heterocycles. The monoisotopic (exact) mass is 421 g/mol. The lowest BCUT2D eigenvalue weighted by molar-refractivity contribution is -0.129. The normalized spacial score (nSPS) is 13.3. The van der Waals surface area contributed by atoms with Crippen LogP contribution in [0.25, 0.3) is 0 Å². The Bertz CT molecular complexity index is 861. The minimum absolute atomic E-state index is 0.0138. The standard InChI is InChI=1S/C17H16BrN3O3S/c1-9(22)21-7-6-12-13(8-21)25-17(14(12)15(19)23)20-16(24)10-2-4-11(18)5-3-10/h2-5H,6-8H2,1H3,(H2,19,23)(H,20,24). The Kier molecular flexibility index (Phi) is 4.91. The number of carbonyl (C=O) groups excluding carboxylic acids is 3. The number of benzene rings is 1. The van der Waals surface area contributed by atoms with Crippen molar-refractivity contribution in [2.75, 3.05) is 11.9 Å². The van der Waals surface area contributed by atoms with E-state index >= 15 is 0 Å². The van der Waals surface area contributed by atoms with Crippen LogP contribution in [0.4, 0.5) is 5.00 Å². The highest BCUT2D eigenvalue weighted by molar-refractivity contribution is 9.10. The zero-order valence-corrected chi connectivity index (χ0v) is 15.9. The molecule has 0 fully saturated rings. The summed E-state index contributed by atoms with van der Waals surface area (Å²) in [6, 6.07) is 6.92. The SMILES string of the molecule is CC(=O)N1CCc2c(sc(NC(=O)c3ccc(Br)cc3)c2C(N)=O)C1. The number of carbonyl (C=O) groups is 3. The predicted octanol–water partition coefficient (Wildman–Crippen LogP) is 2.77. The van der Waals surface area contributed by atoms with Crippen LogP contribution in [-0.2, 0) is 17.8 Å². The van der Waals surface area contributed by atoms with E-state index in [0.717, 1.165) is 14.9 Å². The van der Waals surface area contributed by atoms with Crippen molar-refractivity contribution in [3.05, 3.63) is 50.3 Å². The second-order valence-corrected chi connectivity index (χ2v) is 7.74. The Morgan fingerprint density at radius 2 is 1.92 bits per heavy atom. The number of anilines is 1. The first kappa shape index (κ1) is 17.6. The van der Waals surface area contributed by atoms with Gasteiger partial charge in [0.25, 0.3) is 11.8 Å². The van der Waals surface area contributed by atoms with E-state index in [4.69, 9.17) is 5.73 Å². The molecular formula is C17H16BrN3O3S. The molecule has 0 radical (unpaired) electrons. The van der Waals surface area contributed by atoms with E-state index in [1.807, 2.05) is 0 Å². The molecule has 3 N–H and O–H groups in total. The maximum Gasteiger partial charge on any atom is 0.256 e. The van der Waals surface area contributed by atoms with Crippen molar-refractivity contribution < 1.29 is 14.4 Å². The molecule has 0 bridgehead atoms. The first-order valence-electron chi connectivity index (χ1n) is 7.63. The lowest BCUT2D eigenvalue weighted by Crippen LogP contribution is -2.34. The number of nitrogens with two attached hydrogens (primary N) is 1. The predicted molar refractivity (Wildman–Crippen MR) is 99.7 cm³/mol. The van der Waals surface area contributed by atoms with E-state index in [-0.39, 0.29) is 11.8 Å². The lowest BCUT2D eigenvalue weighted by atomic mass is 10.0. The van der Waals surface area contributed by atoms with Gasteiger partial charge in [0, 0.05) is 28.4 Å². The Labute approximate surface area is 157 Å². The van der Waals surface area contributed by atoms with Gasteiger partial charge in [-0.15, -0.1) is 11.3 Å². The fourth-order valence-corrected chi connectivity index (χ4v) is 4.33. The summed E-state index contributed by atoms with van der Waals surface area (Å²) in [6.07, 6.45) is 0.553. The average Bonchev–Trinajstić information content (AvgIpc) is 2.92. The van der Waals surface area contributed by atoms with E-state index in [9.17, 15) is 14.4 Å². The van der Waals surface area contributed by atoms with Gasteiger partial charge in [-0.1, -0.05) is 15.9 Å². The summed E-state index contributed by atoms with van der Waals surface area (Å²) in [7, 11) is 0. The zero-order chi connectivity index (χ0) is 18.1. The first-order valence-corrected chi connectivity index (χ1v) is 9.24. The maximum absolute atomic E-state index is 12.4. The van der Waals surface area contributed by atoms with E-state index < -0.39 is 5.91 Å². The highest BCUT2D eigenvalue weighted by Gasteiger charge is 2.28. The second kappa shape index (κ2) is 6.97. The van der Waals surface area contributed by atoms with Gasteiger partial charge in [0.15, 0.2) is 0 Å². The number of amides is 3. The van der Waals surface area contributed by atoms with E-state index in [1.54, 1.807) is 29.2 Å². The van der Waals surface area contributed by atoms with Gasteiger partial charge in [-0.25, -0.2) is 0 Å². The number of nitrogens with zero attached hydrogens (tertiary/aromatic N) is 1. The molecule has 0 saturated carbocycles. The molecule has 0 aliphatic carbocycles. The van der Waals surface area contributed by atoms with E-state index in [0.29, 0.717) is 35.6 Å². The first-order chi connectivity index (χ1) is 11.9. The number of hydrogen-bond donors (Lipinski definition) is 2. The third kappa shape index (κ3) is 3.59. The van der Waals surface area contributed by atoms with Gasteiger partial charge in [-0.05, 0) is 36.2 Å². The molecule has 25 heavy (non-hydrogen) atoms. The number of hydrogen-bond acceptors (Lipinski definition) is 4. The highest BCUT2D eigenvalue weighted by atomic mass is 79.9. The van der Waals surface area contributed by atoms with Crippen molar-refractivity contribution in [2.24, 2.45) is 5.73 Å². The van der Waals surface area contributed by atoms with Crippen molar-refractivity contribution in [1.29, 1.82) is 0 Å². The molecule has 6 nitrogen and oxygen atoms in total. The molecule has 3 rings (SSSR count). The summed E-state index contributed by atoms with van der Waals surface area (Å²) in [6.45, 7) is 2.49. The van der Waals surface area contributed by atoms with Crippen molar-refractivity contribution in [2.45, 2.75) is 19.9 Å². The van der Waals surface area contributed by atoms with Crippen molar-refractivity contribution in [3.8, 4) is 0 Å². The number of thiophene rings is 1. The molecule has 0 unspecified atom stereocenters. The summed E-state index contributed by atoms with van der Waals surface area (Å²) in [5, 5.41) is 3.23. The van der Waals surface area contributed by atoms with E-state index in [1.165, 1.54) is 18.3 Å². The van der Waals surface area contributed by atoms with Gasteiger partial charge in [0.2, 0.25) is 5.91 Å². The molecule has 130 valence electrons.